The van der Waals surface area contributed by atoms with E-state index in [0.717, 1.165) is 67.1 Å². The van der Waals surface area contributed by atoms with E-state index in [4.69, 9.17) is 0 Å². The van der Waals surface area contributed by atoms with Crippen LogP contribution in [0.2, 0.25) is 0 Å². The number of amides is 2. The highest BCUT2D eigenvalue weighted by Crippen LogP contribution is 2.24. The van der Waals surface area contributed by atoms with Gasteiger partial charge in [0.2, 0.25) is 11.8 Å². The van der Waals surface area contributed by atoms with Crippen LogP contribution in [0.25, 0.3) is 0 Å². The Labute approximate surface area is 171 Å². The van der Waals surface area contributed by atoms with Crippen molar-refractivity contribution in [2.24, 2.45) is 0 Å². The minimum absolute atomic E-state index is 0.0559. The topological polar surface area (TPSA) is 53.5 Å². The van der Waals surface area contributed by atoms with Crippen LogP contribution in [0.3, 0.4) is 0 Å². The van der Waals surface area contributed by atoms with Gasteiger partial charge in [0, 0.05) is 37.6 Å². The fourth-order valence-electron chi connectivity index (χ4n) is 3.71. The van der Waals surface area contributed by atoms with Crippen LogP contribution in [0.1, 0.15) is 55.3 Å². The summed E-state index contributed by atoms with van der Waals surface area (Å²) < 4.78 is 0. The summed E-state index contributed by atoms with van der Waals surface area (Å²) in [7, 11) is 0. The van der Waals surface area contributed by atoms with Crippen molar-refractivity contribution in [2.75, 3.05) is 18.0 Å². The molecule has 2 amide bonds. The van der Waals surface area contributed by atoms with E-state index in [2.05, 4.69) is 4.98 Å². The van der Waals surface area contributed by atoms with Gasteiger partial charge in [0.1, 0.15) is 0 Å². The monoisotopic (exact) mass is 399 g/mol. The van der Waals surface area contributed by atoms with Gasteiger partial charge in [-0.2, -0.15) is 0 Å². The van der Waals surface area contributed by atoms with Crippen LogP contribution in [-0.4, -0.2) is 34.8 Å². The number of para-hydroxylation sites is 1. The van der Waals surface area contributed by atoms with E-state index in [1.54, 1.807) is 18.3 Å². The van der Waals surface area contributed by atoms with Crippen LogP contribution in [0, 0.1) is 6.92 Å². The molecule has 2 aromatic rings. The van der Waals surface area contributed by atoms with Gasteiger partial charge in [-0.15, -0.1) is 11.3 Å². The smallest absolute Gasteiger partial charge is 0.228 e. The summed E-state index contributed by atoms with van der Waals surface area (Å²) in [5, 5.41) is 2.95. The standard InChI is InChI=1S/C22H29N3O2S/c1-17-23-20(16-28-17)14-22(27)24-12-8-4-3-5-9-13-25(18(2)26)21-11-7-6-10-19(21)15-24/h6-7,10-11,16H,3-5,8-9,12-15H2,1-2H3. The number of hydrogen-bond donors (Lipinski definition) is 0. The van der Waals surface area contributed by atoms with Gasteiger partial charge in [-0.1, -0.05) is 37.5 Å². The van der Waals surface area contributed by atoms with E-state index >= 15 is 0 Å². The molecule has 3 rings (SSSR count). The van der Waals surface area contributed by atoms with E-state index < -0.39 is 0 Å². The third-order valence-electron chi connectivity index (χ3n) is 5.19. The molecule has 0 fully saturated rings. The second-order valence-electron chi connectivity index (χ2n) is 7.42. The fourth-order valence-corrected chi connectivity index (χ4v) is 4.32. The van der Waals surface area contributed by atoms with E-state index in [0.29, 0.717) is 13.0 Å². The quantitative estimate of drug-likeness (QED) is 0.755. The molecule has 28 heavy (non-hydrogen) atoms. The Kier molecular flexibility index (Phi) is 7.20. The van der Waals surface area contributed by atoms with Crippen LogP contribution < -0.4 is 4.90 Å². The molecule has 0 saturated heterocycles. The van der Waals surface area contributed by atoms with Gasteiger partial charge in [-0.3, -0.25) is 9.59 Å². The molecule has 0 radical (unpaired) electrons. The molecule has 1 aromatic carbocycles. The lowest BCUT2D eigenvalue weighted by Gasteiger charge is -2.28. The summed E-state index contributed by atoms with van der Waals surface area (Å²) in [6, 6.07) is 7.97. The van der Waals surface area contributed by atoms with Crippen molar-refractivity contribution in [1.82, 2.24) is 9.88 Å². The number of aryl methyl sites for hydroxylation is 1. The summed E-state index contributed by atoms with van der Waals surface area (Å²) in [6.45, 7) is 5.59. The Bertz CT molecular complexity index is 818. The van der Waals surface area contributed by atoms with E-state index in [9.17, 15) is 9.59 Å². The first-order chi connectivity index (χ1) is 13.5. The third kappa shape index (κ3) is 5.41. The number of rotatable bonds is 2. The first kappa shape index (κ1) is 20.5. The molecular formula is C22H29N3O2S. The zero-order valence-electron chi connectivity index (χ0n) is 16.8. The number of nitrogens with zero attached hydrogens (tertiary/aromatic N) is 3. The minimum atomic E-state index is 0.0559. The number of benzene rings is 1. The Hall–Kier alpha value is -2.21. The summed E-state index contributed by atoms with van der Waals surface area (Å²) in [5.41, 5.74) is 2.80. The number of fused-ring (bicyclic) bond motifs is 1. The number of aromatic nitrogens is 1. The molecule has 0 unspecified atom stereocenters. The molecule has 0 N–H and O–H groups in total. The van der Waals surface area contributed by atoms with Crippen LogP contribution in [0.15, 0.2) is 29.6 Å². The molecule has 0 spiro atoms. The van der Waals surface area contributed by atoms with Crippen molar-refractivity contribution in [1.29, 1.82) is 0 Å². The number of hydrogen-bond acceptors (Lipinski definition) is 4. The largest absolute Gasteiger partial charge is 0.338 e. The maximum atomic E-state index is 13.0. The van der Waals surface area contributed by atoms with Crippen LogP contribution in [-0.2, 0) is 22.6 Å². The molecule has 6 heteroatoms. The third-order valence-corrected chi connectivity index (χ3v) is 6.01. The zero-order chi connectivity index (χ0) is 19.9. The second kappa shape index (κ2) is 9.82. The van der Waals surface area contributed by atoms with Gasteiger partial charge < -0.3 is 9.80 Å². The van der Waals surface area contributed by atoms with Gasteiger partial charge >= 0.3 is 0 Å². The van der Waals surface area contributed by atoms with Crippen molar-refractivity contribution in [2.45, 2.75) is 58.9 Å². The molecule has 0 bridgehead atoms. The van der Waals surface area contributed by atoms with Crippen molar-refractivity contribution < 1.29 is 9.59 Å². The molecule has 0 atom stereocenters. The number of carbonyl (C=O) groups is 2. The summed E-state index contributed by atoms with van der Waals surface area (Å²) in [4.78, 5) is 33.6. The highest BCUT2D eigenvalue weighted by atomic mass is 32.1. The SMILES string of the molecule is CC(=O)N1CCCCCCCN(C(=O)Cc2csc(C)n2)Cc2ccccc21. The predicted octanol–water partition coefficient (Wildman–Crippen LogP) is 4.34. The van der Waals surface area contributed by atoms with E-state index in [-0.39, 0.29) is 11.8 Å². The summed E-state index contributed by atoms with van der Waals surface area (Å²) in [5.74, 6) is 0.159. The molecular weight excluding hydrogens is 370 g/mol. The van der Waals surface area contributed by atoms with Gasteiger partial charge in [0.15, 0.2) is 0 Å². The predicted molar refractivity (Wildman–Crippen MR) is 114 cm³/mol. The molecule has 2 heterocycles. The molecule has 1 aliphatic rings. The lowest BCUT2D eigenvalue weighted by atomic mass is 10.1. The van der Waals surface area contributed by atoms with E-state index in [1.165, 1.54) is 0 Å². The van der Waals surface area contributed by atoms with Crippen molar-refractivity contribution >= 4 is 28.8 Å². The molecule has 1 aromatic heterocycles. The normalized spacial score (nSPS) is 16.1. The first-order valence-corrected chi connectivity index (χ1v) is 11.0. The molecule has 0 saturated carbocycles. The highest BCUT2D eigenvalue weighted by Gasteiger charge is 2.20. The number of carbonyl (C=O) groups excluding carboxylic acids is 2. The van der Waals surface area contributed by atoms with Crippen molar-refractivity contribution in [3.05, 3.63) is 45.9 Å². The van der Waals surface area contributed by atoms with Crippen LogP contribution >= 0.6 is 11.3 Å². The molecule has 1 aliphatic heterocycles. The van der Waals surface area contributed by atoms with Crippen molar-refractivity contribution in [3.63, 3.8) is 0 Å². The first-order valence-electron chi connectivity index (χ1n) is 10.1. The lowest BCUT2D eigenvalue weighted by Crippen LogP contribution is -2.35. The molecule has 0 aliphatic carbocycles. The average Bonchev–Trinajstić information content (AvgIpc) is 3.06. The Balaban J connectivity index is 1.85. The lowest BCUT2D eigenvalue weighted by molar-refractivity contribution is -0.131. The maximum Gasteiger partial charge on any atom is 0.228 e. The van der Waals surface area contributed by atoms with E-state index in [1.807, 2.05) is 46.4 Å². The second-order valence-corrected chi connectivity index (χ2v) is 8.48. The fraction of sp³-hybridized carbons (Fsp3) is 0.500. The average molecular weight is 400 g/mol. The van der Waals surface area contributed by atoms with Crippen LogP contribution in [0.4, 0.5) is 5.69 Å². The van der Waals surface area contributed by atoms with Crippen molar-refractivity contribution in [3.8, 4) is 0 Å². The number of anilines is 1. The Morgan fingerprint density at radius 2 is 1.79 bits per heavy atom. The Morgan fingerprint density at radius 3 is 2.50 bits per heavy atom. The maximum absolute atomic E-state index is 13.0. The highest BCUT2D eigenvalue weighted by molar-refractivity contribution is 7.09. The van der Waals surface area contributed by atoms with Gasteiger partial charge in [0.05, 0.1) is 17.1 Å². The van der Waals surface area contributed by atoms with Crippen LogP contribution in [0.5, 0.6) is 0 Å². The Morgan fingerprint density at radius 1 is 1.07 bits per heavy atom. The number of thiazole rings is 1. The molecule has 150 valence electrons. The van der Waals surface area contributed by atoms with Gasteiger partial charge in [-0.05, 0) is 31.4 Å². The molecule has 5 nitrogen and oxygen atoms in total. The van der Waals surface area contributed by atoms with Gasteiger partial charge in [0.25, 0.3) is 0 Å². The zero-order valence-corrected chi connectivity index (χ0v) is 17.6. The summed E-state index contributed by atoms with van der Waals surface area (Å²) >= 11 is 1.58. The minimum Gasteiger partial charge on any atom is -0.338 e. The summed E-state index contributed by atoms with van der Waals surface area (Å²) in [6.07, 6.45) is 5.73. The van der Waals surface area contributed by atoms with Gasteiger partial charge in [-0.25, -0.2) is 4.98 Å².